The normalized spacial score (nSPS) is 11.0. The maximum absolute atomic E-state index is 15.3. The maximum atomic E-state index is 15.3. The van der Waals surface area contributed by atoms with Crippen LogP contribution in [0.4, 0.5) is 10.1 Å². The van der Waals surface area contributed by atoms with Gasteiger partial charge in [-0.05, 0) is 44.2 Å². The largest absolute Gasteiger partial charge is 0.465 e. The molecule has 11 heteroatoms. The molecule has 3 aromatic carbocycles. The first-order chi connectivity index (χ1) is 19.5. The molecule has 0 radical (unpaired) electrons. The SMILES string of the molecule is COC(=O)c1ccc2c(c1)c(C(C)=O)nn2CC(=O)N(CC(=O)Nc1cccc(-c2ccccc2Cl)c1F)C(C)C. The minimum atomic E-state index is -0.650. The molecule has 0 aliphatic carbocycles. The summed E-state index contributed by atoms with van der Waals surface area (Å²) in [5.74, 6) is -2.61. The molecule has 1 aromatic heterocycles. The number of fused-ring (bicyclic) bond motifs is 1. The highest BCUT2D eigenvalue weighted by Crippen LogP contribution is 2.32. The molecule has 1 heterocycles. The summed E-state index contributed by atoms with van der Waals surface area (Å²) in [5.41, 5.74) is 1.46. The number of nitrogens with zero attached hydrogens (tertiary/aromatic N) is 3. The van der Waals surface area contributed by atoms with Gasteiger partial charge in [0.2, 0.25) is 11.8 Å². The van der Waals surface area contributed by atoms with Crippen molar-refractivity contribution in [1.29, 1.82) is 0 Å². The maximum Gasteiger partial charge on any atom is 0.337 e. The van der Waals surface area contributed by atoms with Crippen molar-refractivity contribution in [3.63, 3.8) is 0 Å². The van der Waals surface area contributed by atoms with Crippen LogP contribution in [0.5, 0.6) is 0 Å². The third kappa shape index (κ3) is 6.28. The Kier molecular flexibility index (Phi) is 8.83. The zero-order valence-electron chi connectivity index (χ0n) is 22.9. The van der Waals surface area contributed by atoms with Crippen LogP contribution in [-0.4, -0.2) is 57.9 Å². The molecule has 0 fully saturated rings. The number of amides is 2. The lowest BCUT2D eigenvalue weighted by Crippen LogP contribution is -2.44. The van der Waals surface area contributed by atoms with Crippen LogP contribution >= 0.6 is 11.6 Å². The minimum Gasteiger partial charge on any atom is -0.465 e. The number of esters is 1. The lowest BCUT2D eigenvalue weighted by Gasteiger charge is -2.26. The van der Waals surface area contributed by atoms with Crippen LogP contribution in [0.2, 0.25) is 5.02 Å². The van der Waals surface area contributed by atoms with E-state index in [9.17, 15) is 19.2 Å². The Hall–Kier alpha value is -4.57. The van der Waals surface area contributed by atoms with Gasteiger partial charge in [0.1, 0.15) is 18.8 Å². The van der Waals surface area contributed by atoms with E-state index in [2.05, 4.69) is 10.4 Å². The molecule has 41 heavy (non-hydrogen) atoms. The molecule has 1 N–H and O–H groups in total. The molecule has 0 saturated heterocycles. The molecule has 0 spiro atoms. The monoisotopic (exact) mass is 578 g/mol. The number of ether oxygens (including phenoxy) is 1. The minimum absolute atomic E-state index is 0.0471. The van der Waals surface area contributed by atoms with Gasteiger partial charge in [0.25, 0.3) is 0 Å². The van der Waals surface area contributed by atoms with Crippen molar-refractivity contribution in [2.75, 3.05) is 19.0 Å². The molecule has 0 bridgehead atoms. The quantitative estimate of drug-likeness (QED) is 0.211. The molecular formula is C30H28ClFN4O5. The molecule has 0 aliphatic heterocycles. The number of Topliss-reactive ketones (excluding diaryl/α,β-unsaturated/α-hetero) is 1. The van der Waals surface area contributed by atoms with E-state index >= 15 is 4.39 Å². The van der Waals surface area contributed by atoms with E-state index < -0.39 is 23.6 Å². The van der Waals surface area contributed by atoms with Crippen molar-refractivity contribution in [1.82, 2.24) is 14.7 Å². The number of methoxy groups -OCH3 is 1. The van der Waals surface area contributed by atoms with Crippen LogP contribution in [0.3, 0.4) is 0 Å². The smallest absolute Gasteiger partial charge is 0.337 e. The van der Waals surface area contributed by atoms with E-state index in [-0.39, 0.29) is 47.4 Å². The van der Waals surface area contributed by atoms with Crippen molar-refractivity contribution < 1.29 is 28.3 Å². The van der Waals surface area contributed by atoms with E-state index in [1.54, 1.807) is 56.3 Å². The second kappa shape index (κ2) is 12.3. The Balaban J connectivity index is 1.55. The summed E-state index contributed by atoms with van der Waals surface area (Å²) in [7, 11) is 1.25. The number of carbonyl (C=O) groups excluding carboxylic acids is 4. The average molecular weight is 579 g/mol. The summed E-state index contributed by atoms with van der Waals surface area (Å²) >= 11 is 6.23. The summed E-state index contributed by atoms with van der Waals surface area (Å²) in [6.45, 7) is 4.20. The second-order valence-corrected chi connectivity index (χ2v) is 10.0. The lowest BCUT2D eigenvalue weighted by molar-refractivity contribution is -0.137. The number of ketones is 1. The van der Waals surface area contributed by atoms with Crippen LogP contribution in [0.1, 0.15) is 41.6 Å². The molecule has 0 unspecified atom stereocenters. The van der Waals surface area contributed by atoms with Crippen LogP contribution < -0.4 is 5.32 Å². The summed E-state index contributed by atoms with van der Waals surface area (Å²) in [6, 6.07) is 15.6. The van der Waals surface area contributed by atoms with Gasteiger partial charge in [-0.1, -0.05) is 41.9 Å². The van der Waals surface area contributed by atoms with Gasteiger partial charge in [-0.15, -0.1) is 0 Å². The Morgan fingerprint density at radius 2 is 1.76 bits per heavy atom. The fourth-order valence-electron chi connectivity index (χ4n) is 4.44. The predicted molar refractivity (Wildman–Crippen MR) is 153 cm³/mol. The number of anilines is 1. The molecule has 2 amide bonds. The van der Waals surface area contributed by atoms with Crippen molar-refractivity contribution in [3.05, 3.63) is 82.8 Å². The fraction of sp³-hybridized carbons (Fsp3) is 0.233. The van der Waals surface area contributed by atoms with Crippen LogP contribution in [-0.2, 0) is 20.9 Å². The molecule has 0 saturated carbocycles. The molecule has 0 atom stereocenters. The van der Waals surface area contributed by atoms with Gasteiger partial charge >= 0.3 is 5.97 Å². The second-order valence-electron chi connectivity index (χ2n) is 9.60. The highest BCUT2D eigenvalue weighted by atomic mass is 35.5. The molecule has 9 nitrogen and oxygen atoms in total. The fourth-order valence-corrected chi connectivity index (χ4v) is 4.68. The van der Waals surface area contributed by atoms with Gasteiger partial charge in [-0.25, -0.2) is 9.18 Å². The topological polar surface area (TPSA) is 111 Å². The number of benzene rings is 3. The van der Waals surface area contributed by atoms with E-state index in [1.165, 1.54) is 41.8 Å². The number of hydrogen-bond acceptors (Lipinski definition) is 6. The Labute approximate surface area is 240 Å². The molecule has 0 aliphatic rings. The van der Waals surface area contributed by atoms with Crippen LogP contribution in [0, 0.1) is 5.82 Å². The first kappa shape index (κ1) is 29.4. The van der Waals surface area contributed by atoms with Gasteiger partial charge in [0.15, 0.2) is 11.6 Å². The Morgan fingerprint density at radius 1 is 1.05 bits per heavy atom. The van der Waals surface area contributed by atoms with Gasteiger partial charge in [-0.3, -0.25) is 19.1 Å². The van der Waals surface area contributed by atoms with Crippen molar-refractivity contribution in [2.45, 2.75) is 33.4 Å². The van der Waals surface area contributed by atoms with Gasteiger partial charge in [0, 0.05) is 34.5 Å². The zero-order chi connectivity index (χ0) is 29.8. The Bertz CT molecular complexity index is 1670. The molecular weight excluding hydrogens is 551 g/mol. The number of rotatable bonds is 9. The van der Waals surface area contributed by atoms with E-state index in [0.29, 0.717) is 21.5 Å². The van der Waals surface area contributed by atoms with E-state index in [1.807, 2.05) is 0 Å². The van der Waals surface area contributed by atoms with Crippen molar-refractivity contribution in [3.8, 4) is 11.1 Å². The van der Waals surface area contributed by atoms with E-state index in [0.717, 1.165) is 0 Å². The number of aromatic nitrogens is 2. The van der Waals surface area contributed by atoms with Crippen molar-refractivity contribution in [2.24, 2.45) is 0 Å². The van der Waals surface area contributed by atoms with Crippen LogP contribution in [0.25, 0.3) is 22.0 Å². The predicted octanol–water partition coefficient (Wildman–Crippen LogP) is 5.36. The highest BCUT2D eigenvalue weighted by molar-refractivity contribution is 6.33. The van der Waals surface area contributed by atoms with Gasteiger partial charge < -0.3 is 15.0 Å². The number of nitrogens with one attached hydrogen (secondary N) is 1. The summed E-state index contributed by atoms with van der Waals surface area (Å²) < 4.78 is 21.4. The summed E-state index contributed by atoms with van der Waals surface area (Å²) in [6.07, 6.45) is 0. The summed E-state index contributed by atoms with van der Waals surface area (Å²) in [5, 5.41) is 7.63. The first-order valence-electron chi connectivity index (χ1n) is 12.7. The zero-order valence-corrected chi connectivity index (χ0v) is 23.7. The van der Waals surface area contributed by atoms with Crippen LogP contribution in [0.15, 0.2) is 60.7 Å². The molecule has 4 rings (SSSR count). The van der Waals surface area contributed by atoms with Gasteiger partial charge in [0.05, 0.1) is 23.9 Å². The summed E-state index contributed by atoms with van der Waals surface area (Å²) in [4.78, 5) is 51.9. The molecule has 212 valence electrons. The highest BCUT2D eigenvalue weighted by Gasteiger charge is 2.24. The van der Waals surface area contributed by atoms with Gasteiger partial charge in [-0.2, -0.15) is 5.10 Å². The third-order valence-electron chi connectivity index (χ3n) is 6.48. The number of carbonyl (C=O) groups is 4. The lowest BCUT2D eigenvalue weighted by atomic mass is 10.0. The number of hydrogen-bond donors (Lipinski definition) is 1. The molecule has 4 aromatic rings. The average Bonchev–Trinajstić information content (AvgIpc) is 3.30. The van der Waals surface area contributed by atoms with Crippen molar-refractivity contribution >= 4 is 51.8 Å². The first-order valence-corrected chi connectivity index (χ1v) is 13.1. The Morgan fingerprint density at radius 3 is 2.41 bits per heavy atom. The van der Waals surface area contributed by atoms with E-state index in [4.69, 9.17) is 16.3 Å². The number of halogens is 2. The standard InChI is InChI=1S/C30H28ClFN4O5/c1-17(2)35(15-26(38)33-24-11-7-9-21(28(24)32)20-8-5-6-10-23(20)31)27(39)16-36-25-13-12-19(30(40)41-4)14-22(25)29(34-36)18(3)37/h5-14,17H,15-16H2,1-4H3,(H,33,38). The third-order valence-corrected chi connectivity index (χ3v) is 6.81.